The molecule has 4 rings (SSSR count). The zero-order chi connectivity index (χ0) is 18.1. The van der Waals surface area contributed by atoms with E-state index in [0.29, 0.717) is 11.5 Å². The van der Waals surface area contributed by atoms with Crippen LogP contribution in [0.5, 0.6) is 0 Å². The van der Waals surface area contributed by atoms with Crippen molar-refractivity contribution >= 4 is 11.9 Å². The monoisotopic (exact) mass is 345 g/mol. The number of benzene rings is 2. The molecule has 0 spiro atoms. The number of hydrogen-bond donors (Lipinski definition) is 2. The molecule has 26 heavy (non-hydrogen) atoms. The van der Waals surface area contributed by atoms with Crippen LogP contribution >= 0.6 is 0 Å². The first-order valence-electron chi connectivity index (χ1n) is 8.52. The number of guanidine groups is 1. The van der Waals surface area contributed by atoms with E-state index in [-0.39, 0.29) is 5.96 Å². The lowest BCUT2D eigenvalue weighted by atomic mass is 10.0. The largest absolute Gasteiger partial charge is 0.370 e. The third-order valence-corrected chi connectivity index (χ3v) is 4.45. The average Bonchev–Trinajstić information content (AvgIpc) is 3.39. The molecule has 130 valence electrons. The predicted octanol–water partition coefficient (Wildman–Crippen LogP) is 2.83. The van der Waals surface area contributed by atoms with Crippen molar-refractivity contribution in [1.29, 1.82) is 0 Å². The molecule has 1 amide bonds. The molecule has 0 bridgehead atoms. The van der Waals surface area contributed by atoms with Gasteiger partial charge in [-0.1, -0.05) is 48.5 Å². The third kappa shape index (κ3) is 2.97. The molecule has 0 unspecified atom stereocenters. The number of nitrogens with zero attached hydrogens (tertiary/aromatic N) is 3. The van der Waals surface area contributed by atoms with E-state index in [4.69, 9.17) is 11.5 Å². The van der Waals surface area contributed by atoms with Crippen molar-refractivity contribution in [3.63, 3.8) is 0 Å². The van der Waals surface area contributed by atoms with Gasteiger partial charge in [-0.15, -0.1) is 0 Å². The Labute approximate surface area is 151 Å². The molecule has 6 heteroatoms. The first-order chi connectivity index (χ1) is 12.6. The Morgan fingerprint density at radius 2 is 1.73 bits per heavy atom. The summed E-state index contributed by atoms with van der Waals surface area (Å²) < 4.78 is 1.86. The smallest absolute Gasteiger partial charge is 0.283 e. The number of aromatic nitrogens is 2. The maximum Gasteiger partial charge on any atom is 0.283 e. The van der Waals surface area contributed by atoms with Gasteiger partial charge in [0.15, 0.2) is 5.96 Å². The van der Waals surface area contributed by atoms with Crippen LogP contribution in [0.25, 0.3) is 16.8 Å². The molecule has 2 aromatic carbocycles. The molecule has 4 N–H and O–H groups in total. The van der Waals surface area contributed by atoms with Gasteiger partial charge in [0.25, 0.3) is 5.91 Å². The minimum Gasteiger partial charge on any atom is -0.370 e. The Balaban J connectivity index is 1.87. The van der Waals surface area contributed by atoms with Crippen LogP contribution in [0.3, 0.4) is 0 Å². The van der Waals surface area contributed by atoms with Gasteiger partial charge in [0.05, 0.1) is 23.1 Å². The van der Waals surface area contributed by atoms with E-state index in [0.717, 1.165) is 35.3 Å². The van der Waals surface area contributed by atoms with E-state index in [2.05, 4.69) is 28.3 Å². The van der Waals surface area contributed by atoms with Gasteiger partial charge < -0.3 is 11.5 Å². The maximum atomic E-state index is 12.4. The zero-order valence-corrected chi connectivity index (χ0v) is 14.2. The molecular formula is C20H19N5O. The van der Waals surface area contributed by atoms with Crippen molar-refractivity contribution in [3.05, 3.63) is 72.1 Å². The number of hydrogen-bond acceptors (Lipinski definition) is 2. The number of carbonyl (C=O) groups is 1. The van der Waals surface area contributed by atoms with Gasteiger partial charge in [-0.25, -0.2) is 4.68 Å². The van der Waals surface area contributed by atoms with Crippen molar-refractivity contribution in [1.82, 2.24) is 9.78 Å². The third-order valence-electron chi connectivity index (χ3n) is 4.45. The Morgan fingerprint density at radius 3 is 2.42 bits per heavy atom. The highest BCUT2D eigenvalue weighted by Crippen LogP contribution is 2.43. The first kappa shape index (κ1) is 16.1. The van der Waals surface area contributed by atoms with Gasteiger partial charge in [-0.3, -0.25) is 4.79 Å². The summed E-state index contributed by atoms with van der Waals surface area (Å²) in [6.45, 7) is 0. The Kier molecular flexibility index (Phi) is 4.01. The second kappa shape index (κ2) is 6.48. The van der Waals surface area contributed by atoms with Gasteiger partial charge in [0.1, 0.15) is 0 Å². The number of carbonyl (C=O) groups excluding carboxylic acids is 1. The molecule has 0 radical (unpaired) electrons. The number of para-hydroxylation sites is 1. The molecule has 3 aromatic rings. The highest BCUT2D eigenvalue weighted by molar-refractivity contribution is 6.02. The van der Waals surface area contributed by atoms with Gasteiger partial charge in [0, 0.05) is 11.5 Å². The van der Waals surface area contributed by atoms with Crippen molar-refractivity contribution in [2.75, 3.05) is 0 Å². The highest BCUT2D eigenvalue weighted by atomic mass is 16.1. The maximum absolute atomic E-state index is 12.4. The van der Waals surface area contributed by atoms with E-state index in [1.54, 1.807) is 6.20 Å². The second-order valence-corrected chi connectivity index (χ2v) is 6.35. The van der Waals surface area contributed by atoms with Crippen LogP contribution in [-0.4, -0.2) is 21.6 Å². The zero-order valence-electron chi connectivity index (χ0n) is 14.2. The van der Waals surface area contributed by atoms with Crippen LogP contribution in [0.4, 0.5) is 0 Å². The van der Waals surface area contributed by atoms with Crippen LogP contribution in [0.2, 0.25) is 0 Å². The Bertz CT molecular complexity index is 982. The molecular weight excluding hydrogens is 326 g/mol. The normalized spacial score (nSPS) is 13.4. The minimum atomic E-state index is -0.449. The van der Waals surface area contributed by atoms with Crippen molar-refractivity contribution in [2.45, 2.75) is 18.8 Å². The summed E-state index contributed by atoms with van der Waals surface area (Å²) >= 11 is 0. The topological polar surface area (TPSA) is 99.3 Å². The number of rotatable bonds is 4. The van der Waals surface area contributed by atoms with Gasteiger partial charge in [0.2, 0.25) is 0 Å². The van der Waals surface area contributed by atoms with Crippen LogP contribution in [0, 0.1) is 0 Å². The number of amides is 1. The van der Waals surface area contributed by atoms with E-state index < -0.39 is 5.91 Å². The lowest BCUT2D eigenvalue weighted by Gasteiger charge is -2.13. The lowest BCUT2D eigenvalue weighted by molar-refractivity contribution is 0.100. The molecule has 1 aliphatic rings. The summed E-state index contributed by atoms with van der Waals surface area (Å²) in [6.07, 6.45) is 3.62. The summed E-state index contributed by atoms with van der Waals surface area (Å²) in [5.74, 6) is -0.390. The van der Waals surface area contributed by atoms with Crippen LogP contribution in [0.1, 0.15) is 34.8 Å². The van der Waals surface area contributed by atoms with Gasteiger partial charge in [-0.05, 0) is 24.5 Å². The van der Waals surface area contributed by atoms with Crippen molar-refractivity contribution in [2.24, 2.45) is 16.5 Å². The predicted molar refractivity (Wildman–Crippen MR) is 101 cm³/mol. The SMILES string of the molecule is NC(N)=NC(=O)c1cnn(-c2ccccc2-c2ccccc2)c1C1CC1. The van der Waals surface area contributed by atoms with E-state index in [9.17, 15) is 4.79 Å². The van der Waals surface area contributed by atoms with Crippen LogP contribution in [-0.2, 0) is 0 Å². The van der Waals surface area contributed by atoms with Crippen LogP contribution < -0.4 is 11.5 Å². The molecule has 1 saturated carbocycles. The van der Waals surface area contributed by atoms with Gasteiger partial charge >= 0.3 is 0 Å². The summed E-state index contributed by atoms with van der Waals surface area (Å²) in [5.41, 5.74) is 15.2. The number of nitrogens with two attached hydrogens (primary N) is 2. The molecule has 1 aliphatic carbocycles. The average molecular weight is 345 g/mol. The Hall–Kier alpha value is -3.41. The molecule has 1 fully saturated rings. The number of aliphatic imine (C=N–C) groups is 1. The molecule has 1 aromatic heterocycles. The molecule has 0 atom stereocenters. The summed E-state index contributed by atoms with van der Waals surface area (Å²) in [6, 6.07) is 18.2. The molecule has 6 nitrogen and oxygen atoms in total. The molecule has 0 saturated heterocycles. The first-order valence-corrected chi connectivity index (χ1v) is 8.52. The van der Waals surface area contributed by atoms with E-state index in [1.807, 2.05) is 41.1 Å². The second-order valence-electron chi connectivity index (χ2n) is 6.35. The quantitative estimate of drug-likeness (QED) is 0.561. The summed E-state index contributed by atoms with van der Waals surface area (Å²) in [5, 5.41) is 4.51. The lowest BCUT2D eigenvalue weighted by Crippen LogP contribution is -2.24. The van der Waals surface area contributed by atoms with Crippen LogP contribution in [0.15, 0.2) is 65.8 Å². The Morgan fingerprint density at radius 1 is 1.04 bits per heavy atom. The molecule has 1 heterocycles. The van der Waals surface area contributed by atoms with Crippen molar-refractivity contribution in [3.8, 4) is 16.8 Å². The fourth-order valence-corrected chi connectivity index (χ4v) is 3.16. The highest BCUT2D eigenvalue weighted by Gasteiger charge is 2.33. The fraction of sp³-hybridized carbons (Fsp3) is 0.150. The summed E-state index contributed by atoms with van der Waals surface area (Å²) in [7, 11) is 0. The van der Waals surface area contributed by atoms with E-state index >= 15 is 0 Å². The van der Waals surface area contributed by atoms with Crippen molar-refractivity contribution < 1.29 is 4.79 Å². The minimum absolute atomic E-state index is 0.241. The fourth-order valence-electron chi connectivity index (χ4n) is 3.16. The summed E-state index contributed by atoms with van der Waals surface area (Å²) in [4.78, 5) is 16.1. The standard InChI is InChI=1S/C20H19N5O/c21-20(22)24-19(26)16-12-23-25(18(16)14-10-11-14)17-9-5-4-8-15(17)13-6-2-1-3-7-13/h1-9,12,14H,10-11H2,(H4,21,22,24,26). The van der Waals surface area contributed by atoms with E-state index in [1.165, 1.54) is 0 Å². The molecule has 0 aliphatic heterocycles. The van der Waals surface area contributed by atoms with Gasteiger partial charge in [-0.2, -0.15) is 10.1 Å².